The molecule has 0 saturated heterocycles. The van der Waals surface area contributed by atoms with Crippen LogP contribution in [-0.2, 0) is 0 Å². The molecule has 1 heteroatoms. The SMILES string of the molecule is CCC1c2c(C)c(C)c(C)c(C)c2C(S(C)(C)C2C(C)C(CC)C3C(C)C(C)C(C)C(C)C32)C1C. The smallest absolute Gasteiger partial charge is 0.0175 e. The summed E-state index contributed by atoms with van der Waals surface area (Å²) in [7, 11) is -0.873. The Labute approximate surface area is 221 Å². The van der Waals surface area contributed by atoms with Gasteiger partial charge in [-0.2, -0.15) is 0 Å². The molecule has 0 aromatic heterocycles. The molecule has 0 heterocycles. The van der Waals surface area contributed by atoms with Crippen LogP contribution in [-0.4, -0.2) is 17.8 Å². The number of hydrogen-bond acceptors (Lipinski definition) is 0. The average Bonchev–Trinajstić information content (AvgIpc) is 3.30. The van der Waals surface area contributed by atoms with E-state index in [1.807, 2.05) is 5.56 Å². The Bertz CT molecular complexity index is 956. The first-order valence-electron chi connectivity index (χ1n) is 15.1. The van der Waals surface area contributed by atoms with E-state index in [4.69, 9.17) is 0 Å². The molecule has 1 aromatic carbocycles. The van der Waals surface area contributed by atoms with Gasteiger partial charge >= 0.3 is 0 Å². The molecule has 0 bridgehead atoms. The summed E-state index contributed by atoms with van der Waals surface area (Å²) in [5.41, 5.74) is 9.96. The van der Waals surface area contributed by atoms with Gasteiger partial charge in [-0.05, 0) is 144 Å². The molecule has 0 radical (unpaired) electrons. The molecule has 4 rings (SSSR count). The summed E-state index contributed by atoms with van der Waals surface area (Å²) >= 11 is 0. The first kappa shape index (κ1) is 27.6. The third kappa shape index (κ3) is 3.66. The van der Waals surface area contributed by atoms with Crippen LogP contribution in [0.2, 0.25) is 0 Å². The van der Waals surface area contributed by atoms with E-state index in [-0.39, 0.29) is 0 Å². The lowest BCUT2D eigenvalue weighted by molar-refractivity contribution is 0.0112. The highest BCUT2D eigenvalue weighted by Gasteiger charge is 2.61. The van der Waals surface area contributed by atoms with Gasteiger partial charge in [-0.3, -0.25) is 0 Å². The normalized spacial score (nSPS) is 43.8. The van der Waals surface area contributed by atoms with E-state index in [0.717, 1.165) is 69.7 Å². The fraction of sp³-hybridized carbons (Fsp3) is 0.824. The van der Waals surface area contributed by atoms with Crippen molar-refractivity contribution in [1.29, 1.82) is 0 Å². The standard InChI is InChI=1S/C34H58S/c1-15-27-25(11)33(31-23(9)19(5)17(3)21(7)29(27)31)35(13,14)34-26(12)28(16-2)30-22(8)18(4)20(6)24(10)32(30)34/h17,19,21,23,25-29,31,33-34H,15-16H2,1-14H3. The van der Waals surface area contributed by atoms with E-state index in [1.165, 1.54) is 12.8 Å². The van der Waals surface area contributed by atoms with Crippen molar-refractivity contribution in [2.75, 3.05) is 12.5 Å². The van der Waals surface area contributed by atoms with Crippen LogP contribution in [0.15, 0.2) is 0 Å². The minimum atomic E-state index is -0.873. The van der Waals surface area contributed by atoms with Gasteiger partial charge in [-0.25, -0.2) is 10.0 Å². The fourth-order valence-electron chi connectivity index (χ4n) is 10.7. The van der Waals surface area contributed by atoms with E-state index in [2.05, 4.69) is 95.6 Å². The monoisotopic (exact) mass is 498 g/mol. The molecule has 0 nitrogen and oxygen atoms in total. The van der Waals surface area contributed by atoms with Crippen molar-refractivity contribution in [1.82, 2.24) is 0 Å². The maximum absolute atomic E-state index is 2.80. The fourth-order valence-corrected chi connectivity index (χ4v) is 15.7. The quantitative estimate of drug-likeness (QED) is 0.387. The maximum Gasteiger partial charge on any atom is 0.0175 e. The summed E-state index contributed by atoms with van der Waals surface area (Å²) in [5, 5.41) is 1.64. The molecular formula is C34H58S. The predicted octanol–water partition coefficient (Wildman–Crippen LogP) is 10.0. The highest BCUT2D eigenvalue weighted by molar-refractivity contribution is 8.33. The van der Waals surface area contributed by atoms with E-state index in [1.54, 1.807) is 27.8 Å². The Morgan fingerprint density at radius 1 is 0.543 bits per heavy atom. The Balaban J connectivity index is 1.90. The van der Waals surface area contributed by atoms with Gasteiger partial charge in [0.2, 0.25) is 0 Å². The Hall–Kier alpha value is -0.430. The zero-order valence-corrected chi connectivity index (χ0v) is 26.6. The number of fused-ring (bicyclic) bond motifs is 2. The van der Waals surface area contributed by atoms with Gasteiger partial charge in [0.25, 0.3) is 0 Å². The van der Waals surface area contributed by atoms with Crippen LogP contribution >= 0.6 is 10.0 Å². The first-order chi connectivity index (χ1) is 16.2. The lowest BCUT2D eigenvalue weighted by Gasteiger charge is -2.55. The second-order valence-electron chi connectivity index (χ2n) is 14.1. The van der Waals surface area contributed by atoms with Crippen LogP contribution in [0.25, 0.3) is 0 Å². The predicted molar refractivity (Wildman–Crippen MR) is 160 cm³/mol. The second kappa shape index (κ2) is 9.39. The van der Waals surface area contributed by atoms with Crippen LogP contribution in [0.5, 0.6) is 0 Å². The number of benzene rings is 1. The number of hydrogen-bond donors (Lipinski definition) is 0. The molecule has 0 spiro atoms. The first-order valence-corrected chi connectivity index (χ1v) is 17.6. The van der Waals surface area contributed by atoms with Crippen molar-refractivity contribution in [3.8, 4) is 0 Å². The van der Waals surface area contributed by atoms with Crippen molar-refractivity contribution in [2.24, 2.45) is 53.3 Å². The molecule has 2 fully saturated rings. The summed E-state index contributed by atoms with van der Waals surface area (Å²) in [6.07, 6.45) is 8.26. The van der Waals surface area contributed by atoms with Crippen molar-refractivity contribution in [3.05, 3.63) is 33.4 Å². The van der Waals surface area contributed by atoms with Gasteiger partial charge in [-0.15, -0.1) is 0 Å². The molecule has 2 saturated carbocycles. The second-order valence-corrected chi connectivity index (χ2v) is 18.1. The largest absolute Gasteiger partial charge is 0.236 e. The zero-order chi connectivity index (χ0) is 26.3. The minimum Gasteiger partial charge on any atom is -0.236 e. The van der Waals surface area contributed by atoms with Crippen molar-refractivity contribution in [3.63, 3.8) is 0 Å². The Morgan fingerprint density at radius 3 is 1.51 bits per heavy atom. The lowest BCUT2D eigenvalue weighted by atomic mass is 9.58. The van der Waals surface area contributed by atoms with Gasteiger partial charge in [0, 0.05) is 5.25 Å². The highest BCUT2D eigenvalue weighted by Crippen LogP contribution is 2.75. The number of rotatable bonds is 4. The molecule has 0 aliphatic heterocycles. The summed E-state index contributed by atoms with van der Waals surface area (Å²) in [6, 6.07) is 0. The third-order valence-corrected chi connectivity index (χ3v) is 17.2. The van der Waals surface area contributed by atoms with Gasteiger partial charge in [0.15, 0.2) is 0 Å². The highest BCUT2D eigenvalue weighted by atomic mass is 32.3. The van der Waals surface area contributed by atoms with Crippen molar-refractivity contribution < 1.29 is 0 Å². The average molecular weight is 499 g/mol. The van der Waals surface area contributed by atoms with Gasteiger partial charge in [0.1, 0.15) is 0 Å². The summed E-state index contributed by atoms with van der Waals surface area (Å²) in [4.78, 5) is 0. The molecule has 12 unspecified atom stereocenters. The van der Waals surface area contributed by atoms with Crippen LogP contribution in [0.4, 0.5) is 0 Å². The zero-order valence-electron chi connectivity index (χ0n) is 25.8. The van der Waals surface area contributed by atoms with Crippen LogP contribution in [0.3, 0.4) is 0 Å². The molecule has 3 aliphatic rings. The van der Waals surface area contributed by atoms with Gasteiger partial charge < -0.3 is 0 Å². The van der Waals surface area contributed by atoms with Crippen molar-refractivity contribution >= 4 is 10.0 Å². The molecule has 1 aromatic rings. The topological polar surface area (TPSA) is 0 Å². The summed E-state index contributed by atoms with van der Waals surface area (Å²) in [6.45, 7) is 30.4. The molecule has 0 amide bonds. The van der Waals surface area contributed by atoms with Crippen LogP contribution in [0, 0.1) is 81.0 Å². The third-order valence-electron chi connectivity index (χ3n) is 13.0. The van der Waals surface area contributed by atoms with Gasteiger partial charge in [0.05, 0.1) is 0 Å². The summed E-state index contributed by atoms with van der Waals surface area (Å²) in [5.74, 6) is 8.50. The maximum atomic E-state index is 2.80. The summed E-state index contributed by atoms with van der Waals surface area (Å²) < 4.78 is 0. The minimum absolute atomic E-state index is 0.732. The van der Waals surface area contributed by atoms with E-state index >= 15 is 0 Å². The van der Waals surface area contributed by atoms with Crippen molar-refractivity contribution in [2.45, 2.75) is 112 Å². The molecule has 35 heavy (non-hydrogen) atoms. The Kier molecular flexibility index (Phi) is 7.41. The van der Waals surface area contributed by atoms with E-state index in [9.17, 15) is 0 Å². The van der Waals surface area contributed by atoms with E-state index in [0.29, 0.717) is 0 Å². The molecule has 0 N–H and O–H groups in total. The molecule has 3 aliphatic carbocycles. The molecule has 12 atom stereocenters. The van der Waals surface area contributed by atoms with E-state index < -0.39 is 10.0 Å². The van der Waals surface area contributed by atoms with Gasteiger partial charge in [-0.1, -0.05) is 61.8 Å². The van der Waals surface area contributed by atoms with Crippen LogP contribution < -0.4 is 0 Å². The molecular weight excluding hydrogens is 440 g/mol. The Morgan fingerprint density at radius 2 is 1.03 bits per heavy atom. The molecule has 200 valence electrons. The van der Waals surface area contributed by atoms with Crippen LogP contribution in [0.1, 0.15) is 113 Å². The lowest BCUT2D eigenvalue weighted by Crippen LogP contribution is -2.46.